The molecule has 0 radical (unpaired) electrons. The molecule has 1 amide bonds. The van der Waals surface area contributed by atoms with Crippen LogP contribution in [0.1, 0.15) is 26.0 Å². The van der Waals surface area contributed by atoms with Crippen molar-refractivity contribution < 1.29 is 14.7 Å². The van der Waals surface area contributed by atoms with E-state index in [1.807, 2.05) is 0 Å². The maximum atomic E-state index is 11.5. The molecule has 0 saturated heterocycles. The average Bonchev–Trinajstić information content (AvgIpc) is 2.97. The van der Waals surface area contributed by atoms with Crippen LogP contribution in [-0.4, -0.2) is 27.0 Å². The summed E-state index contributed by atoms with van der Waals surface area (Å²) in [6.07, 6.45) is 1.65. The lowest BCUT2D eigenvalue weighted by Gasteiger charge is -2.00. The van der Waals surface area contributed by atoms with Crippen LogP contribution in [0.15, 0.2) is 23.7 Å². The second-order valence-electron chi connectivity index (χ2n) is 3.20. The highest BCUT2D eigenvalue weighted by molar-refractivity contribution is 7.09. The van der Waals surface area contributed by atoms with Gasteiger partial charge in [0.2, 0.25) is 0 Å². The van der Waals surface area contributed by atoms with Crippen LogP contribution in [0.2, 0.25) is 0 Å². The van der Waals surface area contributed by atoms with Crippen molar-refractivity contribution >= 4 is 23.2 Å². The fourth-order valence-electron chi connectivity index (χ4n) is 1.21. The van der Waals surface area contributed by atoms with E-state index in [9.17, 15) is 9.59 Å². The monoisotopic (exact) mass is 251 g/mol. The van der Waals surface area contributed by atoms with E-state index in [-0.39, 0.29) is 18.1 Å². The molecule has 17 heavy (non-hydrogen) atoms. The van der Waals surface area contributed by atoms with Crippen LogP contribution in [0.25, 0.3) is 0 Å². The third-order valence-corrected chi connectivity index (χ3v) is 2.86. The Kier molecular flexibility index (Phi) is 3.20. The van der Waals surface area contributed by atoms with Gasteiger partial charge in [0.05, 0.1) is 6.54 Å². The summed E-state index contributed by atoms with van der Waals surface area (Å²) in [5.74, 6) is -1.31. The van der Waals surface area contributed by atoms with Crippen LogP contribution in [0.4, 0.5) is 0 Å². The normalized spacial score (nSPS) is 10.1. The smallest absolute Gasteiger partial charge is 0.355 e. The molecule has 0 unspecified atom stereocenters. The van der Waals surface area contributed by atoms with Gasteiger partial charge in [0.25, 0.3) is 5.91 Å². The molecule has 0 atom stereocenters. The maximum absolute atomic E-state index is 11.5. The van der Waals surface area contributed by atoms with Crippen molar-refractivity contribution in [2.45, 2.75) is 6.54 Å². The van der Waals surface area contributed by atoms with Gasteiger partial charge in [-0.15, -0.1) is 11.3 Å². The van der Waals surface area contributed by atoms with E-state index in [1.54, 1.807) is 18.3 Å². The molecule has 7 heteroatoms. The molecular formula is C10H9N3O3S. The van der Waals surface area contributed by atoms with Crippen molar-refractivity contribution in [1.29, 1.82) is 0 Å². The lowest BCUT2D eigenvalue weighted by atomic mass is 10.4. The van der Waals surface area contributed by atoms with Gasteiger partial charge in [-0.1, -0.05) is 0 Å². The molecule has 0 aliphatic rings. The van der Waals surface area contributed by atoms with Gasteiger partial charge in [-0.2, -0.15) is 0 Å². The van der Waals surface area contributed by atoms with Crippen LogP contribution in [0.5, 0.6) is 0 Å². The fourth-order valence-corrected chi connectivity index (χ4v) is 1.92. The summed E-state index contributed by atoms with van der Waals surface area (Å²) < 4.78 is 0. The third-order valence-electron chi connectivity index (χ3n) is 2.01. The molecule has 2 rings (SSSR count). The number of carboxylic acids is 1. The predicted octanol–water partition coefficient (Wildman–Crippen LogP) is 1.10. The summed E-state index contributed by atoms with van der Waals surface area (Å²) >= 11 is 1.20. The summed E-state index contributed by atoms with van der Waals surface area (Å²) in [7, 11) is 0. The first-order chi connectivity index (χ1) is 8.16. The molecule has 3 N–H and O–H groups in total. The molecule has 2 heterocycles. The zero-order valence-electron chi connectivity index (χ0n) is 8.64. The summed E-state index contributed by atoms with van der Waals surface area (Å²) in [4.78, 5) is 28.8. The Morgan fingerprint density at radius 1 is 1.53 bits per heavy atom. The van der Waals surface area contributed by atoms with Crippen molar-refractivity contribution in [3.05, 3.63) is 40.1 Å². The molecule has 0 aliphatic carbocycles. The Bertz CT molecular complexity index is 533. The van der Waals surface area contributed by atoms with E-state index >= 15 is 0 Å². The Labute approximate surface area is 100 Å². The highest BCUT2D eigenvalue weighted by Gasteiger charge is 2.10. The number of aromatic carboxylic acids is 1. The second kappa shape index (κ2) is 4.79. The fraction of sp³-hybridized carbons (Fsp3) is 0.100. The molecule has 0 saturated carbocycles. The van der Waals surface area contributed by atoms with Crippen molar-refractivity contribution in [1.82, 2.24) is 15.3 Å². The Morgan fingerprint density at radius 3 is 2.94 bits per heavy atom. The molecule has 0 aliphatic heterocycles. The van der Waals surface area contributed by atoms with Gasteiger partial charge in [-0.3, -0.25) is 4.79 Å². The summed E-state index contributed by atoms with van der Waals surface area (Å²) in [5, 5.41) is 13.3. The summed E-state index contributed by atoms with van der Waals surface area (Å²) in [6.45, 7) is 0.218. The second-order valence-corrected chi connectivity index (χ2v) is 4.14. The van der Waals surface area contributed by atoms with Crippen molar-refractivity contribution in [3.63, 3.8) is 0 Å². The van der Waals surface area contributed by atoms with E-state index in [2.05, 4.69) is 15.3 Å². The summed E-state index contributed by atoms with van der Waals surface area (Å²) in [6, 6.07) is 3.38. The van der Waals surface area contributed by atoms with Crippen LogP contribution in [0, 0.1) is 0 Å². The minimum Gasteiger partial charge on any atom is -0.476 e. The van der Waals surface area contributed by atoms with Crippen molar-refractivity contribution in [3.8, 4) is 0 Å². The summed E-state index contributed by atoms with van der Waals surface area (Å²) in [5.41, 5.74) is 0.458. The number of aromatic amines is 1. The van der Waals surface area contributed by atoms with Crippen LogP contribution in [-0.2, 0) is 6.54 Å². The van der Waals surface area contributed by atoms with Gasteiger partial charge >= 0.3 is 5.97 Å². The number of H-pyrrole nitrogens is 1. The highest BCUT2D eigenvalue weighted by atomic mass is 32.1. The Hall–Kier alpha value is -2.15. The number of nitrogens with one attached hydrogen (secondary N) is 2. The van der Waals surface area contributed by atoms with Gasteiger partial charge in [0.1, 0.15) is 10.7 Å². The van der Waals surface area contributed by atoms with Gasteiger partial charge in [0, 0.05) is 11.6 Å². The molecule has 2 aromatic rings. The molecule has 0 fully saturated rings. The molecule has 88 valence electrons. The van der Waals surface area contributed by atoms with Crippen LogP contribution in [0.3, 0.4) is 0 Å². The molecule has 0 bridgehead atoms. The molecule has 2 aromatic heterocycles. The SMILES string of the molecule is O=C(O)c1csc(CNC(=O)c2ccc[nH]2)n1. The van der Waals surface area contributed by atoms with Gasteiger partial charge in [-0.05, 0) is 12.1 Å². The Morgan fingerprint density at radius 2 is 2.35 bits per heavy atom. The minimum atomic E-state index is -1.07. The largest absolute Gasteiger partial charge is 0.476 e. The van der Waals surface area contributed by atoms with Gasteiger partial charge < -0.3 is 15.4 Å². The molecule has 0 aromatic carbocycles. The number of nitrogens with zero attached hydrogens (tertiary/aromatic N) is 1. The number of thiazole rings is 1. The molecule has 0 spiro atoms. The average molecular weight is 251 g/mol. The highest BCUT2D eigenvalue weighted by Crippen LogP contribution is 2.09. The van der Waals surface area contributed by atoms with E-state index in [0.717, 1.165) is 0 Å². The first-order valence-electron chi connectivity index (χ1n) is 4.76. The van der Waals surface area contributed by atoms with Gasteiger partial charge in [0.15, 0.2) is 5.69 Å². The molecular weight excluding hydrogens is 242 g/mol. The van der Waals surface area contributed by atoms with E-state index in [0.29, 0.717) is 10.7 Å². The standard InChI is InChI=1S/C10H9N3O3S/c14-9(6-2-1-3-11-6)12-4-8-13-7(5-17-8)10(15)16/h1-3,5,11H,4H2,(H,12,14)(H,15,16). The first-order valence-corrected chi connectivity index (χ1v) is 5.64. The van der Waals surface area contributed by atoms with E-state index in [4.69, 9.17) is 5.11 Å². The number of aromatic nitrogens is 2. The predicted molar refractivity (Wildman–Crippen MR) is 61.0 cm³/mol. The van der Waals surface area contributed by atoms with Crippen molar-refractivity contribution in [2.24, 2.45) is 0 Å². The molecule has 6 nitrogen and oxygen atoms in total. The number of amides is 1. The van der Waals surface area contributed by atoms with E-state index < -0.39 is 5.97 Å². The third kappa shape index (κ3) is 2.70. The number of carbonyl (C=O) groups is 2. The quantitative estimate of drug-likeness (QED) is 0.758. The lowest BCUT2D eigenvalue weighted by Crippen LogP contribution is -2.23. The lowest BCUT2D eigenvalue weighted by molar-refractivity contribution is 0.0691. The van der Waals surface area contributed by atoms with Crippen LogP contribution < -0.4 is 5.32 Å². The number of carbonyl (C=O) groups excluding carboxylic acids is 1. The minimum absolute atomic E-state index is 0.000812. The van der Waals surface area contributed by atoms with E-state index in [1.165, 1.54) is 16.7 Å². The van der Waals surface area contributed by atoms with Gasteiger partial charge in [-0.25, -0.2) is 9.78 Å². The van der Waals surface area contributed by atoms with Crippen molar-refractivity contribution in [2.75, 3.05) is 0 Å². The topological polar surface area (TPSA) is 95.1 Å². The number of hydrogen-bond acceptors (Lipinski definition) is 4. The zero-order chi connectivity index (χ0) is 12.3. The number of rotatable bonds is 4. The Balaban J connectivity index is 1.93. The van der Waals surface area contributed by atoms with Crippen LogP contribution >= 0.6 is 11.3 Å². The maximum Gasteiger partial charge on any atom is 0.355 e. The number of hydrogen-bond donors (Lipinski definition) is 3. The zero-order valence-corrected chi connectivity index (χ0v) is 9.45. The number of carboxylic acid groups (broad SMARTS) is 1. The first kappa shape index (κ1) is 11.3.